The molecule has 1 saturated heterocycles. The number of carbonyl (C=O) groups excluding carboxylic acids is 1. The number of benzene rings is 2. The van der Waals surface area contributed by atoms with Crippen molar-refractivity contribution >= 4 is 13.7 Å². The normalized spacial score (nSPS) is 23.1. The van der Waals surface area contributed by atoms with Crippen LogP contribution in [0.5, 0.6) is 5.75 Å². The molecule has 1 unspecified atom stereocenters. The fourth-order valence-corrected chi connectivity index (χ4v) is 5.14. The second kappa shape index (κ2) is 12.5. The van der Waals surface area contributed by atoms with Crippen LogP contribution in [0.4, 0.5) is 0 Å². The zero-order valence-electron chi connectivity index (χ0n) is 20.7. The molecule has 0 bridgehead atoms. The maximum absolute atomic E-state index is 13.7. The molecule has 0 aliphatic carbocycles. The second-order valence-corrected chi connectivity index (χ2v) is 10.3. The third kappa shape index (κ3) is 7.26. The van der Waals surface area contributed by atoms with Gasteiger partial charge in [-0.3, -0.25) is 19.1 Å². The number of nitrogens with one attached hydrogen (secondary N) is 2. The van der Waals surface area contributed by atoms with Gasteiger partial charge in [0.15, 0.2) is 6.23 Å². The Hall–Kier alpha value is -3.65. The van der Waals surface area contributed by atoms with Crippen molar-refractivity contribution in [3.8, 4) is 5.75 Å². The molecule has 6 atom stereocenters. The highest BCUT2D eigenvalue weighted by atomic mass is 31.2. The van der Waals surface area contributed by atoms with E-state index in [-0.39, 0.29) is 12.4 Å². The highest BCUT2D eigenvalue weighted by Gasteiger charge is 2.46. The fraction of sp³-hybridized carbons (Fsp3) is 0.333. The molecule has 1 aromatic heterocycles. The number of carbonyl (C=O) groups is 1. The summed E-state index contributed by atoms with van der Waals surface area (Å²) in [6.07, 6.45) is -5.18. The first-order valence-electron chi connectivity index (χ1n) is 11.8. The van der Waals surface area contributed by atoms with E-state index in [2.05, 4.69) is 10.2 Å². The molecule has 1 fully saturated rings. The lowest BCUT2D eigenvalue weighted by atomic mass is 10.1. The molecule has 3 aromatic rings. The highest BCUT2D eigenvalue weighted by molar-refractivity contribution is 7.52. The largest absolute Gasteiger partial charge is 0.460 e. The van der Waals surface area contributed by atoms with E-state index < -0.39 is 62.2 Å². The van der Waals surface area contributed by atoms with Crippen molar-refractivity contribution < 1.29 is 38.1 Å². The third-order valence-electron chi connectivity index (χ3n) is 5.62. The molecule has 0 amide bonds. The minimum atomic E-state index is -4.31. The van der Waals surface area contributed by atoms with Crippen molar-refractivity contribution in [3.05, 3.63) is 93.3 Å². The molecule has 0 spiro atoms. The number of hydrogen-bond donors (Lipinski definition) is 4. The molecule has 0 radical (unpaired) electrons. The number of rotatable bonds is 11. The maximum Gasteiger partial charge on any atom is 0.459 e. The number of aliphatic hydroxyl groups excluding tert-OH is 2. The fourth-order valence-electron chi connectivity index (χ4n) is 3.64. The number of aromatic nitrogens is 3. The van der Waals surface area contributed by atoms with Gasteiger partial charge >= 0.3 is 19.4 Å². The summed E-state index contributed by atoms with van der Waals surface area (Å²) in [6, 6.07) is 15.9. The summed E-state index contributed by atoms with van der Waals surface area (Å²) < 4.78 is 36.2. The van der Waals surface area contributed by atoms with Crippen LogP contribution in [0.3, 0.4) is 0 Å². The van der Waals surface area contributed by atoms with Gasteiger partial charge in [-0.1, -0.05) is 48.5 Å². The minimum Gasteiger partial charge on any atom is -0.460 e. The number of aliphatic hydroxyl groups is 2. The Morgan fingerprint density at radius 2 is 1.79 bits per heavy atom. The van der Waals surface area contributed by atoms with Crippen LogP contribution >= 0.6 is 7.75 Å². The lowest BCUT2D eigenvalue weighted by molar-refractivity contribution is -0.146. The van der Waals surface area contributed by atoms with Crippen LogP contribution in [0.1, 0.15) is 18.7 Å². The first kappa shape index (κ1) is 28.4. The van der Waals surface area contributed by atoms with Crippen molar-refractivity contribution in [1.29, 1.82) is 0 Å². The van der Waals surface area contributed by atoms with Crippen molar-refractivity contribution in [2.24, 2.45) is 0 Å². The summed E-state index contributed by atoms with van der Waals surface area (Å²) in [5.74, 6) is -0.566. The van der Waals surface area contributed by atoms with Gasteiger partial charge in [-0.2, -0.15) is 14.9 Å². The molecule has 4 rings (SSSR count). The smallest absolute Gasteiger partial charge is 0.459 e. The van der Waals surface area contributed by atoms with Gasteiger partial charge in [-0.15, -0.1) is 0 Å². The molecule has 208 valence electrons. The van der Waals surface area contributed by atoms with Gasteiger partial charge in [-0.05, 0) is 24.6 Å². The summed E-state index contributed by atoms with van der Waals surface area (Å²) in [5, 5.41) is 27.0. The van der Waals surface area contributed by atoms with Gasteiger partial charge in [0.1, 0.15) is 42.9 Å². The van der Waals surface area contributed by atoms with Gasteiger partial charge in [0.2, 0.25) is 0 Å². The standard InChI is InChI=1S/C24H27N4O10P/c1-15(23(32)35-13-16-8-4-2-5-9-16)27-39(34,38-17-10-6-3-7-11-17)36-14-18-20(30)21(31)22(37-18)28-24(33)26-19(29)12-25-28/h2-12,15,18,20-22,30-31H,13-14H2,1H3,(H,27,34)(H,26,29,33)/t15-,18+,20+,21+,22+,39?/m0/s1. The number of para-hydroxylation sites is 1. The van der Waals surface area contributed by atoms with Gasteiger partial charge in [-0.25, -0.2) is 9.36 Å². The van der Waals surface area contributed by atoms with E-state index in [1.165, 1.54) is 19.1 Å². The van der Waals surface area contributed by atoms with E-state index in [4.69, 9.17) is 18.5 Å². The Morgan fingerprint density at radius 1 is 1.13 bits per heavy atom. The Bertz CT molecular complexity index is 1420. The average Bonchev–Trinajstić information content (AvgIpc) is 3.20. The number of nitrogens with zero attached hydrogens (tertiary/aromatic N) is 2. The number of aromatic amines is 1. The number of H-pyrrole nitrogens is 1. The van der Waals surface area contributed by atoms with Crippen molar-refractivity contribution in [3.63, 3.8) is 0 Å². The van der Waals surface area contributed by atoms with Crippen molar-refractivity contribution in [2.45, 2.75) is 44.1 Å². The van der Waals surface area contributed by atoms with Crippen LogP contribution in [-0.2, 0) is 30.0 Å². The zero-order chi connectivity index (χ0) is 28.0. The van der Waals surface area contributed by atoms with Gasteiger partial charge in [0.05, 0.1) is 6.61 Å². The summed E-state index contributed by atoms with van der Waals surface area (Å²) in [4.78, 5) is 37.9. The monoisotopic (exact) mass is 562 g/mol. The average molecular weight is 562 g/mol. The van der Waals surface area contributed by atoms with E-state index in [1.54, 1.807) is 42.5 Å². The summed E-state index contributed by atoms with van der Waals surface area (Å²) in [6.45, 7) is 0.818. The predicted molar refractivity (Wildman–Crippen MR) is 135 cm³/mol. The number of esters is 1. The minimum absolute atomic E-state index is 0.00403. The SMILES string of the molecule is C[C@H](NP(=O)(OC[C@H]1O[C@@H](n2ncc(=O)[nH]c2=O)[C@H](O)[C@@H]1O)Oc1ccccc1)C(=O)OCc1ccccc1. The third-order valence-corrected chi connectivity index (χ3v) is 7.27. The predicted octanol–water partition coefficient (Wildman–Crippen LogP) is 0.476. The Morgan fingerprint density at radius 3 is 2.46 bits per heavy atom. The maximum atomic E-state index is 13.7. The topological polar surface area (TPSA) is 191 Å². The molecule has 15 heteroatoms. The summed E-state index contributed by atoms with van der Waals surface area (Å²) in [7, 11) is -4.31. The molecule has 1 aliphatic rings. The molecule has 2 aromatic carbocycles. The van der Waals surface area contributed by atoms with Gasteiger partial charge < -0.3 is 24.2 Å². The van der Waals surface area contributed by atoms with E-state index in [9.17, 15) is 29.2 Å². The molecular formula is C24H27N4O10P. The van der Waals surface area contributed by atoms with Crippen LogP contribution in [0.2, 0.25) is 0 Å². The first-order valence-corrected chi connectivity index (χ1v) is 13.4. The molecular weight excluding hydrogens is 535 g/mol. The zero-order valence-corrected chi connectivity index (χ0v) is 21.5. The summed E-state index contributed by atoms with van der Waals surface area (Å²) in [5.41, 5.74) is -0.969. The van der Waals surface area contributed by atoms with Crippen molar-refractivity contribution in [2.75, 3.05) is 6.61 Å². The highest BCUT2D eigenvalue weighted by Crippen LogP contribution is 2.46. The van der Waals surface area contributed by atoms with Gasteiger partial charge in [0.25, 0.3) is 5.56 Å². The van der Waals surface area contributed by atoms with Crippen molar-refractivity contribution in [1.82, 2.24) is 19.9 Å². The van der Waals surface area contributed by atoms with Crippen LogP contribution in [0.25, 0.3) is 0 Å². The lowest BCUT2D eigenvalue weighted by Gasteiger charge is -2.24. The number of hydrogen-bond acceptors (Lipinski definition) is 11. The van der Waals surface area contributed by atoms with E-state index in [0.717, 1.165) is 11.8 Å². The Balaban J connectivity index is 1.45. The summed E-state index contributed by atoms with van der Waals surface area (Å²) >= 11 is 0. The molecule has 4 N–H and O–H groups in total. The van der Waals surface area contributed by atoms with Crippen LogP contribution in [0.15, 0.2) is 76.4 Å². The second-order valence-electron chi connectivity index (χ2n) is 8.57. The Kier molecular flexibility index (Phi) is 9.07. The quantitative estimate of drug-likeness (QED) is 0.187. The van der Waals surface area contributed by atoms with Crippen LogP contribution in [0, 0.1) is 0 Å². The molecule has 2 heterocycles. The van der Waals surface area contributed by atoms with E-state index in [1.807, 2.05) is 11.1 Å². The Labute approximate surface area is 221 Å². The number of ether oxygens (including phenoxy) is 2. The van der Waals surface area contributed by atoms with Crippen LogP contribution < -0.4 is 20.9 Å². The molecule has 1 aliphatic heterocycles. The molecule has 39 heavy (non-hydrogen) atoms. The molecule has 14 nitrogen and oxygen atoms in total. The van der Waals surface area contributed by atoms with Crippen LogP contribution in [-0.4, -0.2) is 61.9 Å². The van der Waals surface area contributed by atoms with E-state index >= 15 is 0 Å². The van der Waals surface area contributed by atoms with E-state index in [0.29, 0.717) is 4.68 Å². The molecule has 0 saturated carbocycles. The van der Waals surface area contributed by atoms with Gasteiger partial charge in [0, 0.05) is 0 Å². The lowest BCUT2D eigenvalue weighted by Crippen LogP contribution is -2.39. The first-order chi connectivity index (χ1) is 18.6.